The van der Waals surface area contributed by atoms with E-state index in [4.69, 9.17) is 16.0 Å². The summed E-state index contributed by atoms with van der Waals surface area (Å²) in [6.45, 7) is 3.14. The van der Waals surface area contributed by atoms with E-state index in [2.05, 4.69) is 22.4 Å². The molecule has 1 fully saturated rings. The van der Waals surface area contributed by atoms with Gasteiger partial charge in [-0.15, -0.1) is 5.10 Å². The van der Waals surface area contributed by atoms with Gasteiger partial charge in [0, 0.05) is 18.7 Å². The molecular formula is C21H21ClN4O4S. The number of nitrogens with zero attached hydrogens (tertiary/aromatic N) is 3. The molecule has 1 saturated heterocycles. The van der Waals surface area contributed by atoms with Gasteiger partial charge in [0.2, 0.25) is 10.0 Å². The number of halogens is 1. The van der Waals surface area contributed by atoms with Gasteiger partial charge in [-0.05, 0) is 55.2 Å². The monoisotopic (exact) mass is 460 g/mol. The number of rotatable bonds is 5. The molecule has 1 N–H and O–H groups in total. The second kappa shape index (κ2) is 8.78. The molecule has 1 aromatic heterocycles. The minimum atomic E-state index is -3.57. The van der Waals surface area contributed by atoms with Crippen LogP contribution in [0.4, 0.5) is 6.01 Å². The Balaban J connectivity index is 1.45. The number of amides is 1. The molecule has 4 rings (SSSR count). The molecule has 1 amide bonds. The van der Waals surface area contributed by atoms with Crippen LogP contribution in [0.2, 0.25) is 5.02 Å². The van der Waals surface area contributed by atoms with E-state index in [1.807, 2.05) is 0 Å². The molecule has 0 radical (unpaired) electrons. The second-order valence-corrected chi connectivity index (χ2v) is 9.80. The SMILES string of the molecule is CC1CCN(S(=O)(=O)c2ccc(C(=O)Nc3nnc(-c4ccccc4Cl)o3)cc2)CC1. The maximum atomic E-state index is 12.8. The molecule has 10 heteroatoms. The van der Waals surface area contributed by atoms with Crippen molar-refractivity contribution in [2.75, 3.05) is 18.4 Å². The zero-order chi connectivity index (χ0) is 22.0. The Hall–Kier alpha value is -2.75. The molecule has 1 aliphatic rings. The van der Waals surface area contributed by atoms with Crippen LogP contribution in [0.15, 0.2) is 57.8 Å². The van der Waals surface area contributed by atoms with Crippen LogP contribution in [0.25, 0.3) is 11.5 Å². The first-order valence-corrected chi connectivity index (χ1v) is 11.7. The Morgan fingerprint density at radius 3 is 2.45 bits per heavy atom. The number of piperidine rings is 1. The minimum absolute atomic E-state index is 0.0842. The lowest BCUT2D eigenvalue weighted by Crippen LogP contribution is -2.37. The van der Waals surface area contributed by atoms with Crippen LogP contribution in [0.3, 0.4) is 0 Å². The third-order valence-electron chi connectivity index (χ3n) is 5.25. The molecule has 0 spiro atoms. The zero-order valence-corrected chi connectivity index (χ0v) is 18.4. The Morgan fingerprint density at radius 1 is 1.10 bits per heavy atom. The summed E-state index contributed by atoms with van der Waals surface area (Å²) in [5.41, 5.74) is 0.822. The van der Waals surface area contributed by atoms with E-state index >= 15 is 0 Å². The van der Waals surface area contributed by atoms with Gasteiger partial charge >= 0.3 is 6.01 Å². The van der Waals surface area contributed by atoms with Gasteiger partial charge in [0.15, 0.2) is 0 Å². The van der Waals surface area contributed by atoms with E-state index in [0.717, 1.165) is 12.8 Å². The van der Waals surface area contributed by atoms with Gasteiger partial charge in [-0.25, -0.2) is 8.42 Å². The Morgan fingerprint density at radius 2 is 1.77 bits per heavy atom. The molecule has 1 aliphatic heterocycles. The predicted octanol–water partition coefficient (Wildman–Crippen LogP) is 4.06. The summed E-state index contributed by atoms with van der Waals surface area (Å²) in [5.74, 6) is 0.212. The zero-order valence-electron chi connectivity index (χ0n) is 16.8. The average Bonchev–Trinajstić information content (AvgIpc) is 3.22. The number of hydrogen-bond acceptors (Lipinski definition) is 6. The molecule has 2 heterocycles. The molecule has 0 saturated carbocycles. The van der Waals surface area contributed by atoms with Crippen LogP contribution in [0.1, 0.15) is 30.1 Å². The van der Waals surface area contributed by atoms with Crippen molar-refractivity contribution in [2.24, 2.45) is 5.92 Å². The highest BCUT2D eigenvalue weighted by atomic mass is 35.5. The molecule has 162 valence electrons. The van der Waals surface area contributed by atoms with E-state index in [1.165, 1.54) is 28.6 Å². The van der Waals surface area contributed by atoms with Gasteiger partial charge in [-0.2, -0.15) is 4.31 Å². The van der Waals surface area contributed by atoms with Gasteiger partial charge in [-0.1, -0.05) is 35.8 Å². The van der Waals surface area contributed by atoms with Crippen molar-refractivity contribution in [2.45, 2.75) is 24.7 Å². The van der Waals surface area contributed by atoms with Crippen LogP contribution in [0, 0.1) is 5.92 Å². The maximum absolute atomic E-state index is 12.8. The maximum Gasteiger partial charge on any atom is 0.322 e. The lowest BCUT2D eigenvalue weighted by molar-refractivity contribution is 0.102. The van der Waals surface area contributed by atoms with Crippen molar-refractivity contribution in [1.82, 2.24) is 14.5 Å². The summed E-state index contributed by atoms with van der Waals surface area (Å²) in [7, 11) is -3.57. The third kappa shape index (κ3) is 4.63. The molecule has 3 aromatic rings. The Kier molecular flexibility index (Phi) is 6.08. The van der Waals surface area contributed by atoms with Gasteiger partial charge in [-0.3, -0.25) is 10.1 Å². The van der Waals surface area contributed by atoms with E-state index in [9.17, 15) is 13.2 Å². The van der Waals surface area contributed by atoms with Crippen molar-refractivity contribution in [3.63, 3.8) is 0 Å². The smallest absolute Gasteiger partial charge is 0.322 e. The second-order valence-electron chi connectivity index (χ2n) is 7.46. The van der Waals surface area contributed by atoms with Gasteiger partial charge in [0.25, 0.3) is 11.8 Å². The topological polar surface area (TPSA) is 105 Å². The summed E-state index contributed by atoms with van der Waals surface area (Å²) >= 11 is 6.12. The fourth-order valence-corrected chi connectivity index (χ4v) is 5.03. The quantitative estimate of drug-likeness (QED) is 0.615. The van der Waals surface area contributed by atoms with Crippen LogP contribution < -0.4 is 5.32 Å². The summed E-state index contributed by atoms with van der Waals surface area (Å²) in [5, 5.41) is 10.7. The third-order valence-corrected chi connectivity index (χ3v) is 7.49. The van der Waals surface area contributed by atoms with Crippen LogP contribution >= 0.6 is 11.6 Å². The number of carbonyl (C=O) groups excluding carboxylic acids is 1. The van der Waals surface area contributed by atoms with Crippen molar-refractivity contribution in [3.8, 4) is 11.5 Å². The number of benzene rings is 2. The van der Waals surface area contributed by atoms with E-state index < -0.39 is 15.9 Å². The van der Waals surface area contributed by atoms with Gasteiger partial charge in [0.05, 0.1) is 15.5 Å². The van der Waals surface area contributed by atoms with Gasteiger partial charge in [0.1, 0.15) is 0 Å². The largest absolute Gasteiger partial charge is 0.403 e. The first-order chi connectivity index (χ1) is 14.8. The summed E-state index contributed by atoms with van der Waals surface area (Å²) in [6.07, 6.45) is 1.69. The summed E-state index contributed by atoms with van der Waals surface area (Å²) in [6, 6.07) is 12.7. The molecule has 2 aromatic carbocycles. The Labute approximate surface area is 185 Å². The molecule has 0 unspecified atom stereocenters. The average molecular weight is 461 g/mol. The molecule has 0 atom stereocenters. The van der Waals surface area contributed by atoms with Crippen molar-refractivity contribution >= 4 is 33.5 Å². The lowest BCUT2D eigenvalue weighted by Gasteiger charge is -2.29. The van der Waals surface area contributed by atoms with Crippen molar-refractivity contribution in [1.29, 1.82) is 0 Å². The van der Waals surface area contributed by atoms with Crippen molar-refractivity contribution in [3.05, 3.63) is 59.1 Å². The number of nitrogens with one attached hydrogen (secondary N) is 1. The summed E-state index contributed by atoms with van der Waals surface area (Å²) in [4.78, 5) is 12.7. The number of hydrogen-bond donors (Lipinski definition) is 1. The Bertz CT molecular complexity index is 1190. The predicted molar refractivity (Wildman–Crippen MR) is 116 cm³/mol. The first kappa shape index (κ1) is 21.5. The van der Waals surface area contributed by atoms with Crippen LogP contribution in [-0.2, 0) is 10.0 Å². The number of aromatic nitrogens is 2. The van der Waals surface area contributed by atoms with Gasteiger partial charge < -0.3 is 4.42 Å². The highest BCUT2D eigenvalue weighted by Gasteiger charge is 2.28. The fourth-order valence-electron chi connectivity index (χ4n) is 3.34. The van der Waals surface area contributed by atoms with E-state index in [-0.39, 0.29) is 22.4 Å². The number of anilines is 1. The highest BCUT2D eigenvalue weighted by Crippen LogP contribution is 2.27. The van der Waals surface area contributed by atoms with Crippen molar-refractivity contribution < 1.29 is 17.6 Å². The van der Waals surface area contributed by atoms with Crippen LogP contribution in [-0.4, -0.2) is 41.9 Å². The van der Waals surface area contributed by atoms with Crippen LogP contribution in [0.5, 0.6) is 0 Å². The first-order valence-electron chi connectivity index (χ1n) is 9.84. The number of sulfonamides is 1. The summed E-state index contributed by atoms with van der Waals surface area (Å²) < 4.78 is 32.6. The molecular weight excluding hydrogens is 440 g/mol. The highest BCUT2D eigenvalue weighted by molar-refractivity contribution is 7.89. The molecule has 0 bridgehead atoms. The molecule has 31 heavy (non-hydrogen) atoms. The lowest BCUT2D eigenvalue weighted by atomic mass is 10.0. The molecule has 8 nitrogen and oxygen atoms in total. The fraction of sp³-hybridized carbons (Fsp3) is 0.286. The minimum Gasteiger partial charge on any atom is -0.403 e. The number of carbonyl (C=O) groups is 1. The van der Waals surface area contributed by atoms with E-state index in [1.54, 1.807) is 24.3 Å². The standard InChI is InChI=1S/C21H21ClN4O4S/c1-14-10-12-26(13-11-14)31(28,29)16-8-6-15(7-9-16)19(27)23-21-25-24-20(30-21)17-4-2-3-5-18(17)22/h2-9,14H,10-13H2,1H3,(H,23,25,27). The van der Waals surface area contributed by atoms with E-state index in [0.29, 0.717) is 29.6 Å². The normalized spacial score (nSPS) is 15.7. The molecule has 0 aliphatic carbocycles.